The van der Waals surface area contributed by atoms with E-state index < -0.39 is 0 Å². The van der Waals surface area contributed by atoms with Crippen LogP contribution in [0.15, 0.2) is 48.5 Å². The van der Waals surface area contributed by atoms with Crippen LogP contribution in [0.2, 0.25) is 0 Å². The molecule has 0 amide bonds. The first-order valence-corrected chi connectivity index (χ1v) is 6.93. The quantitative estimate of drug-likeness (QED) is 0.715. The zero-order valence-corrected chi connectivity index (χ0v) is 12.0. The molecule has 0 heterocycles. The van der Waals surface area contributed by atoms with Crippen LogP contribution in [0.1, 0.15) is 42.0 Å². The van der Waals surface area contributed by atoms with Crippen molar-refractivity contribution in [2.75, 3.05) is 0 Å². The maximum absolute atomic E-state index is 8.74. The third-order valence-electron chi connectivity index (χ3n) is 2.86. The Morgan fingerprint density at radius 2 is 1.14 bits per heavy atom. The summed E-state index contributed by atoms with van der Waals surface area (Å²) >= 11 is 0. The molecule has 0 radical (unpaired) electrons. The third-order valence-corrected chi connectivity index (χ3v) is 2.86. The van der Waals surface area contributed by atoms with E-state index in [0.29, 0.717) is 5.56 Å². The van der Waals surface area contributed by atoms with Crippen molar-refractivity contribution in [2.24, 2.45) is 0 Å². The summed E-state index contributed by atoms with van der Waals surface area (Å²) < 4.78 is 0. The minimum absolute atomic E-state index is 0.649. The van der Waals surface area contributed by atoms with E-state index in [1.54, 1.807) is 12.1 Å². The predicted molar refractivity (Wildman–Crippen MR) is 85.4 cm³/mol. The monoisotopic (exact) mass is 269 g/mol. The lowest BCUT2D eigenvalue weighted by atomic mass is 10.1. The molecule has 0 unspecified atom stereocenters. The summed E-state index contributed by atoms with van der Waals surface area (Å²) in [5.74, 6) is 12.5. The van der Waals surface area contributed by atoms with Crippen LogP contribution in [-0.4, -0.2) is 0 Å². The molecule has 100 valence electrons. The number of hydrogen-bond acceptors (Lipinski definition) is 1. The van der Waals surface area contributed by atoms with Crippen LogP contribution < -0.4 is 0 Å². The Hall–Kier alpha value is -2.95. The number of benzene rings is 2. The van der Waals surface area contributed by atoms with Crippen LogP contribution >= 0.6 is 0 Å². The Morgan fingerprint density at radius 3 is 1.57 bits per heavy atom. The van der Waals surface area contributed by atoms with E-state index in [0.717, 1.165) is 29.5 Å². The van der Waals surface area contributed by atoms with Gasteiger partial charge in [0.2, 0.25) is 0 Å². The number of nitrogens with zero attached hydrogens (tertiary/aromatic N) is 1. The van der Waals surface area contributed by atoms with Gasteiger partial charge in [-0.25, -0.2) is 0 Å². The molecule has 1 nitrogen and oxygen atoms in total. The smallest absolute Gasteiger partial charge is 0.0991 e. The van der Waals surface area contributed by atoms with E-state index in [-0.39, 0.29) is 0 Å². The van der Waals surface area contributed by atoms with Gasteiger partial charge in [0.25, 0.3) is 0 Å². The van der Waals surface area contributed by atoms with E-state index >= 15 is 0 Å². The van der Waals surface area contributed by atoms with Crippen LogP contribution in [0.3, 0.4) is 0 Å². The lowest BCUT2D eigenvalue weighted by Gasteiger charge is -1.93. The Balaban J connectivity index is 2.09. The number of nitriles is 1. The first-order valence-electron chi connectivity index (χ1n) is 6.93. The average Bonchev–Trinajstić information content (AvgIpc) is 2.55. The van der Waals surface area contributed by atoms with Crippen LogP contribution in [0, 0.1) is 35.0 Å². The molecule has 0 aliphatic rings. The molecule has 0 atom stereocenters. The van der Waals surface area contributed by atoms with Crippen molar-refractivity contribution in [3.63, 3.8) is 0 Å². The Morgan fingerprint density at radius 1 is 0.714 bits per heavy atom. The standard InChI is InChI=1S/C20H15N/c1-2-3-4-5-17-6-8-18(9-7-17)10-11-19-12-14-20(16-21)15-13-19/h6-9,12-15H,2-3H2,1H3. The highest BCUT2D eigenvalue weighted by Crippen LogP contribution is 2.04. The van der Waals surface area contributed by atoms with Crippen molar-refractivity contribution in [1.29, 1.82) is 5.26 Å². The minimum Gasteiger partial charge on any atom is -0.192 e. The fourth-order valence-electron chi connectivity index (χ4n) is 1.70. The SMILES string of the molecule is CCCC#Cc1ccc(C#Cc2ccc(C#N)cc2)cc1. The van der Waals surface area contributed by atoms with Crippen molar-refractivity contribution in [1.82, 2.24) is 0 Å². The minimum atomic E-state index is 0.649. The van der Waals surface area contributed by atoms with Gasteiger partial charge in [0.1, 0.15) is 0 Å². The second-order valence-corrected chi connectivity index (χ2v) is 4.57. The second-order valence-electron chi connectivity index (χ2n) is 4.57. The van der Waals surface area contributed by atoms with E-state index in [2.05, 4.69) is 36.7 Å². The molecule has 0 fully saturated rings. The molecule has 2 aromatic rings. The van der Waals surface area contributed by atoms with Gasteiger partial charge in [-0.1, -0.05) is 30.6 Å². The molecule has 2 rings (SSSR count). The zero-order valence-electron chi connectivity index (χ0n) is 12.0. The lowest BCUT2D eigenvalue weighted by Crippen LogP contribution is -1.79. The topological polar surface area (TPSA) is 23.8 Å². The summed E-state index contributed by atoms with van der Waals surface area (Å²) in [6.45, 7) is 2.12. The largest absolute Gasteiger partial charge is 0.192 e. The van der Waals surface area contributed by atoms with Gasteiger partial charge in [0.05, 0.1) is 11.6 Å². The molecular formula is C20H15N. The van der Waals surface area contributed by atoms with Crippen LogP contribution in [0.25, 0.3) is 0 Å². The normalized spacial score (nSPS) is 8.76. The maximum atomic E-state index is 8.74. The molecule has 0 aliphatic carbocycles. The van der Waals surface area contributed by atoms with Crippen LogP contribution in [-0.2, 0) is 0 Å². The molecule has 0 bridgehead atoms. The van der Waals surface area contributed by atoms with Crippen molar-refractivity contribution in [3.8, 4) is 29.8 Å². The van der Waals surface area contributed by atoms with E-state index in [1.165, 1.54) is 0 Å². The number of rotatable bonds is 1. The molecule has 0 saturated carbocycles. The Kier molecular flexibility index (Phi) is 5.23. The van der Waals surface area contributed by atoms with Gasteiger partial charge in [-0.3, -0.25) is 0 Å². The van der Waals surface area contributed by atoms with E-state index in [4.69, 9.17) is 5.26 Å². The molecule has 21 heavy (non-hydrogen) atoms. The second kappa shape index (κ2) is 7.59. The van der Waals surface area contributed by atoms with Crippen molar-refractivity contribution in [2.45, 2.75) is 19.8 Å². The predicted octanol–water partition coefficient (Wildman–Crippen LogP) is 4.11. The van der Waals surface area contributed by atoms with Gasteiger partial charge in [-0.15, -0.1) is 0 Å². The van der Waals surface area contributed by atoms with Crippen molar-refractivity contribution < 1.29 is 0 Å². The third kappa shape index (κ3) is 4.58. The number of unbranched alkanes of at least 4 members (excludes halogenated alkanes) is 1. The Labute approximate surface area is 126 Å². The molecule has 1 heteroatoms. The van der Waals surface area contributed by atoms with Crippen molar-refractivity contribution in [3.05, 3.63) is 70.8 Å². The molecular weight excluding hydrogens is 254 g/mol. The van der Waals surface area contributed by atoms with Gasteiger partial charge < -0.3 is 0 Å². The summed E-state index contributed by atoms with van der Waals surface area (Å²) in [7, 11) is 0. The van der Waals surface area contributed by atoms with Crippen molar-refractivity contribution >= 4 is 0 Å². The van der Waals surface area contributed by atoms with Gasteiger partial charge in [-0.2, -0.15) is 5.26 Å². The molecule has 0 aromatic heterocycles. The molecule has 0 saturated heterocycles. The highest BCUT2D eigenvalue weighted by molar-refractivity contribution is 5.46. The molecule has 0 spiro atoms. The summed E-state index contributed by atoms with van der Waals surface area (Å²) in [5.41, 5.74) is 3.53. The summed E-state index contributed by atoms with van der Waals surface area (Å²) in [4.78, 5) is 0. The zero-order chi connectivity index (χ0) is 14.9. The molecule has 2 aromatic carbocycles. The van der Waals surface area contributed by atoms with Gasteiger partial charge in [0, 0.05) is 23.1 Å². The van der Waals surface area contributed by atoms with Gasteiger partial charge >= 0.3 is 0 Å². The molecule has 0 aliphatic heterocycles. The molecule has 0 N–H and O–H groups in total. The maximum Gasteiger partial charge on any atom is 0.0991 e. The van der Waals surface area contributed by atoms with Crippen LogP contribution in [0.5, 0.6) is 0 Å². The highest BCUT2D eigenvalue weighted by atomic mass is 14.2. The van der Waals surface area contributed by atoms with Gasteiger partial charge in [-0.05, 0) is 55.0 Å². The lowest BCUT2D eigenvalue weighted by molar-refractivity contribution is 0.983. The first-order chi connectivity index (χ1) is 10.3. The van der Waals surface area contributed by atoms with E-state index in [1.807, 2.05) is 36.4 Å². The fourth-order valence-corrected chi connectivity index (χ4v) is 1.70. The average molecular weight is 269 g/mol. The summed E-state index contributed by atoms with van der Waals surface area (Å²) in [6.07, 6.45) is 2.02. The van der Waals surface area contributed by atoms with Gasteiger partial charge in [0.15, 0.2) is 0 Å². The fraction of sp³-hybridized carbons (Fsp3) is 0.150. The summed E-state index contributed by atoms with van der Waals surface area (Å²) in [5, 5.41) is 8.74. The number of hydrogen-bond donors (Lipinski definition) is 0. The summed E-state index contributed by atoms with van der Waals surface area (Å²) in [6, 6.07) is 17.3. The first kappa shape index (κ1) is 14.5. The Bertz CT molecular complexity index is 752. The highest BCUT2D eigenvalue weighted by Gasteiger charge is 1.91. The van der Waals surface area contributed by atoms with Crippen LogP contribution in [0.4, 0.5) is 0 Å². The van der Waals surface area contributed by atoms with E-state index in [9.17, 15) is 0 Å².